The topological polar surface area (TPSA) is 28.2 Å². The van der Waals surface area contributed by atoms with Gasteiger partial charge in [-0.05, 0) is 44.0 Å². The predicted octanol–water partition coefficient (Wildman–Crippen LogP) is 3.40. The summed E-state index contributed by atoms with van der Waals surface area (Å²) in [5.41, 5.74) is 2.67. The first-order valence-corrected chi connectivity index (χ1v) is 7.77. The summed E-state index contributed by atoms with van der Waals surface area (Å²) in [5, 5.41) is 3.46. The Morgan fingerprint density at radius 3 is 2.52 bits per heavy atom. The molecule has 2 heterocycles. The number of benzene rings is 1. The van der Waals surface area contributed by atoms with E-state index in [2.05, 4.69) is 64.7 Å². The summed E-state index contributed by atoms with van der Waals surface area (Å²) in [4.78, 5) is 6.69. The van der Waals surface area contributed by atoms with E-state index in [0.717, 1.165) is 6.54 Å². The average molecular weight is 281 g/mol. The molecule has 0 bridgehead atoms. The molecule has 1 aromatic carbocycles. The van der Waals surface area contributed by atoms with E-state index in [9.17, 15) is 0 Å². The highest BCUT2D eigenvalue weighted by Gasteiger charge is 2.26. The Kier molecular flexibility index (Phi) is 4.51. The van der Waals surface area contributed by atoms with E-state index in [1.807, 2.05) is 12.4 Å². The summed E-state index contributed by atoms with van der Waals surface area (Å²) in [5.74, 6) is 0. The number of pyridine rings is 1. The molecule has 1 fully saturated rings. The van der Waals surface area contributed by atoms with E-state index in [-0.39, 0.29) is 0 Å². The lowest BCUT2D eigenvalue weighted by atomic mass is 10.0. The number of nitrogens with zero attached hydrogens (tertiary/aromatic N) is 2. The molecule has 1 aromatic heterocycles. The molecule has 3 rings (SSSR count). The second kappa shape index (κ2) is 6.72. The van der Waals surface area contributed by atoms with E-state index in [0.29, 0.717) is 12.1 Å². The van der Waals surface area contributed by atoms with Crippen molar-refractivity contribution >= 4 is 5.69 Å². The minimum atomic E-state index is 0.451. The number of likely N-dealkylation sites (N-methyl/N-ethyl adjacent to an activating group) is 1. The number of rotatable bonds is 3. The Hall–Kier alpha value is -1.87. The van der Waals surface area contributed by atoms with Gasteiger partial charge >= 0.3 is 0 Å². The molecule has 1 N–H and O–H groups in total. The van der Waals surface area contributed by atoms with Crippen molar-refractivity contribution in [2.45, 2.75) is 31.3 Å². The standard InChI is InChI=1S/C18H23N3/c1-19-16-8-5-9-18(15-6-3-2-4-7-15)21(14-16)17-10-12-20-13-11-17/h2-4,6-7,10-13,16,18-19H,5,8-9,14H2,1H3. The molecule has 0 saturated carbocycles. The fourth-order valence-corrected chi connectivity index (χ4v) is 3.25. The van der Waals surface area contributed by atoms with Crippen LogP contribution in [-0.4, -0.2) is 24.6 Å². The van der Waals surface area contributed by atoms with Crippen LogP contribution in [0, 0.1) is 0 Å². The predicted molar refractivity (Wildman–Crippen MR) is 87.5 cm³/mol. The summed E-state index contributed by atoms with van der Waals surface area (Å²) in [6.45, 7) is 1.04. The van der Waals surface area contributed by atoms with Gasteiger partial charge < -0.3 is 10.2 Å². The van der Waals surface area contributed by atoms with Crippen LogP contribution in [0.4, 0.5) is 5.69 Å². The minimum Gasteiger partial charge on any atom is -0.363 e. The smallest absolute Gasteiger partial charge is 0.0543 e. The van der Waals surface area contributed by atoms with Crippen LogP contribution in [0.3, 0.4) is 0 Å². The van der Waals surface area contributed by atoms with E-state index >= 15 is 0 Å². The molecule has 3 heteroatoms. The second-order valence-corrected chi connectivity index (χ2v) is 5.70. The Labute approximate surface area is 127 Å². The van der Waals surface area contributed by atoms with Gasteiger partial charge in [-0.15, -0.1) is 0 Å². The zero-order valence-corrected chi connectivity index (χ0v) is 12.6. The van der Waals surface area contributed by atoms with Crippen molar-refractivity contribution in [2.75, 3.05) is 18.5 Å². The highest BCUT2D eigenvalue weighted by molar-refractivity contribution is 5.48. The van der Waals surface area contributed by atoms with E-state index in [1.54, 1.807) is 0 Å². The Bertz CT molecular complexity index is 541. The van der Waals surface area contributed by atoms with Crippen LogP contribution >= 0.6 is 0 Å². The zero-order valence-electron chi connectivity index (χ0n) is 12.6. The number of hydrogen-bond acceptors (Lipinski definition) is 3. The monoisotopic (exact) mass is 281 g/mol. The van der Waals surface area contributed by atoms with Gasteiger partial charge in [-0.2, -0.15) is 0 Å². The number of aromatic nitrogens is 1. The van der Waals surface area contributed by atoms with Gasteiger partial charge in [-0.25, -0.2) is 0 Å². The van der Waals surface area contributed by atoms with Gasteiger partial charge in [0.1, 0.15) is 0 Å². The molecule has 2 unspecified atom stereocenters. The van der Waals surface area contributed by atoms with Crippen LogP contribution in [0.5, 0.6) is 0 Å². The molecule has 0 aliphatic carbocycles. The van der Waals surface area contributed by atoms with Gasteiger partial charge in [-0.1, -0.05) is 30.3 Å². The quantitative estimate of drug-likeness (QED) is 0.934. The maximum atomic E-state index is 4.16. The highest BCUT2D eigenvalue weighted by Crippen LogP contribution is 2.33. The summed E-state index contributed by atoms with van der Waals surface area (Å²) >= 11 is 0. The molecule has 21 heavy (non-hydrogen) atoms. The van der Waals surface area contributed by atoms with Crippen LogP contribution in [0.2, 0.25) is 0 Å². The van der Waals surface area contributed by atoms with Crippen molar-refractivity contribution in [2.24, 2.45) is 0 Å². The second-order valence-electron chi connectivity index (χ2n) is 5.70. The highest BCUT2D eigenvalue weighted by atomic mass is 15.2. The lowest BCUT2D eigenvalue weighted by molar-refractivity contribution is 0.531. The van der Waals surface area contributed by atoms with Gasteiger partial charge in [0.2, 0.25) is 0 Å². The van der Waals surface area contributed by atoms with Crippen LogP contribution in [-0.2, 0) is 0 Å². The molecule has 1 saturated heterocycles. The molecule has 1 aliphatic rings. The first-order valence-electron chi connectivity index (χ1n) is 7.77. The van der Waals surface area contributed by atoms with Gasteiger partial charge in [0.25, 0.3) is 0 Å². The normalized spacial score (nSPS) is 22.8. The molecule has 0 spiro atoms. The fraction of sp³-hybridized carbons (Fsp3) is 0.389. The van der Waals surface area contributed by atoms with Crippen molar-refractivity contribution in [1.82, 2.24) is 10.3 Å². The maximum absolute atomic E-state index is 4.16. The van der Waals surface area contributed by atoms with Crippen molar-refractivity contribution < 1.29 is 0 Å². The van der Waals surface area contributed by atoms with E-state index in [1.165, 1.54) is 30.5 Å². The van der Waals surface area contributed by atoms with Crippen molar-refractivity contribution in [3.63, 3.8) is 0 Å². The molecule has 1 aliphatic heterocycles. The molecule has 110 valence electrons. The van der Waals surface area contributed by atoms with Crippen LogP contribution in [0.15, 0.2) is 54.9 Å². The lowest BCUT2D eigenvalue weighted by Gasteiger charge is -2.34. The van der Waals surface area contributed by atoms with Crippen LogP contribution < -0.4 is 10.2 Å². The molecular formula is C18H23N3. The number of nitrogens with one attached hydrogen (secondary N) is 1. The zero-order chi connectivity index (χ0) is 14.5. The largest absolute Gasteiger partial charge is 0.363 e. The minimum absolute atomic E-state index is 0.451. The van der Waals surface area contributed by atoms with Crippen molar-refractivity contribution in [1.29, 1.82) is 0 Å². The Balaban J connectivity index is 1.95. The van der Waals surface area contributed by atoms with Crippen LogP contribution in [0.1, 0.15) is 30.9 Å². The molecule has 0 amide bonds. The molecule has 3 nitrogen and oxygen atoms in total. The van der Waals surface area contributed by atoms with E-state index < -0.39 is 0 Å². The lowest BCUT2D eigenvalue weighted by Crippen LogP contribution is -2.39. The molecular weight excluding hydrogens is 258 g/mol. The molecule has 0 radical (unpaired) electrons. The van der Waals surface area contributed by atoms with Gasteiger partial charge in [0.15, 0.2) is 0 Å². The fourth-order valence-electron chi connectivity index (χ4n) is 3.25. The average Bonchev–Trinajstić information content (AvgIpc) is 2.79. The van der Waals surface area contributed by atoms with Gasteiger partial charge in [0.05, 0.1) is 6.04 Å². The third-order valence-corrected chi connectivity index (χ3v) is 4.41. The summed E-state index contributed by atoms with van der Waals surface area (Å²) in [6, 6.07) is 16.1. The summed E-state index contributed by atoms with van der Waals surface area (Å²) < 4.78 is 0. The SMILES string of the molecule is CNC1CCCC(c2ccccc2)N(c2ccncc2)C1. The number of hydrogen-bond donors (Lipinski definition) is 1. The van der Waals surface area contributed by atoms with Crippen LogP contribution in [0.25, 0.3) is 0 Å². The number of anilines is 1. The van der Waals surface area contributed by atoms with Gasteiger partial charge in [-0.3, -0.25) is 4.98 Å². The summed E-state index contributed by atoms with van der Waals surface area (Å²) in [7, 11) is 2.07. The third-order valence-electron chi connectivity index (χ3n) is 4.41. The first-order chi connectivity index (χ1) is 10.4. The van der Waals surface area contributed by atoms with Crippen molar-refractivity contribution in [3.05, 3.63) is 60.4 Å². The maximum Gasteiger partial charge on any atom is 0.0543 e. The Morgan fingerprint density at radius 2 is 1.81 bits per heavy atom. The molecule has 2 aromatic rings. The van der Waals surface area contributed by atoms with Crippen molar-refractivity contribution in [3.8, 4) is 0 Å². The third kappa shape index (κ3) is 3.24. The first kappa shape index (κ1) is 14.1. The van der Waals surface area contributed by atoms with E-state index in [4.69, 9.17) is 0 Å². The molecule has 2 atom stereocenters. The summed E-state index contributed by atoms with van der Waals surface area (Å²) in [6.07, 6.45) is 7.46. The Morgan fingerprint density at radius 1 is 1.05 bits per heavy atom. The van der Waals surface area contributed by atoms with Gasteiger partial charge in [0, 0.05) is 30.7 Å².